The molecule has 0 spiro atoms. The molecule has 0 radical (unpaired) electrons. The van der Waals surface area contributed by atoms with Gasteiger partial charge in [-0.1, -0.05) is 79.7 Å². The van der Waals surface area contributed by atoms with Gasteiger partial charge in [0.25, 0.3) is 5.56 Å². The highest BCUT2D eigenvalue weighted by Gasteiger charge is 2.17. The van der Waals surface area contributed by atoms with E-state index in [4.69, 9.17) is 0 Å². The number of hydrogen-bond acceptors (Lipinski definition) is 4. The van der Waals surface area contributed by atoms with Gasteiger partial charge in [-0.2, -0.15) is 0 Å². The lowest BCUT2D eigenvalue weighted by atomic mass is 10.0. The van der Waals surface area contributed by atoms with Gasteiger partial charge < -0.3 is 5.32 Å². The van der Waals surface area contributed by atoms with Gasteiger partial charge >= 0.3 is 0 Å². The van der Waals surface area contributed by atoms with Crippen molar-refractivity contribution in [2.24, 2.45) is 0 Å². The molecule has 0 saturated carbocycles. The summed E-state index contributed by atoms with van der Waals surface area (Å²) in [5.41, 5.74) is 3.02. The normalized spacial score (nSPS) is 12.1. The van der Waals surface area contributed by atoms with Crippen molar-refractivity contribution in [3.63, 3.8) is 0 Å². The molecule has 2 aromatic heterocycles. The van der Waals surface area contributed by atoms with Crippen LogP contribution >= 0.6 is 0 Å². The summed E-state index contributed by atoms with van der Waals surface area (Å²) in [5.74, 6) is 1.37. The first-order chi connectivity index (χ1) is 17.6. The number of nitrogens with zero attached hydrogens (tertiary/aromatic N) is 4. The van der Waals surface area contributed by atoms with Gasteiger partial charge in [-0.05, 0) is 35.6 Å². The maximum atomic E-state index is 13.3. The number of carbonyl (C=O) groups excluding carboxylic acids is 1. The Hall–Kier alpha value is -4.26. The first-order valence-corrected chi connectivity index (χ1v) is 12.3. The van der Waals surface area contributed by atoms with Gasteiger partial charge in [0.05, 0.1) is 10.9 Å². The van der Waals surface area contributed by atoms with E-state index in [2.05, 4.69) is 46.7 Å². The van der Waals surface area contributed by atoms with Crippen molar-refractivity contribution in [1.82, 2.24) is 24.5 Å². The number of amides is 1. The van der Waals surface area contributed by atoms with E-state index < -0.39 is 0 Å². The zero-order valence-electron chi connectivity index (χ0n) is 20.3. The fourth-order valence-corrected chi connectivity index (χ4v) is 4.54. The van der Waals surface area contributed by atoms with E-state index in [0.29, 0.717) is 49.3 Å². The molecule has 36 heavy (non-hydrogen) atoms. The van der Waals surface area contributed by atoms with Crippen molar-refractivity contribution in [2.75, 3.05) is 6.54 Å². The lowest BCUT2D eigenvalue weighted by Crippen LogP contribution is -2.28. The smallest absolute Gasteiger partial charge is 0.262 e. The monoisotopic (exact) mass is 479 g/mol. The number of hydrogen-bond donors (Lipinski definition) is 1. The van der Waals surface area contributed by atoms with E-state index in [0.717, 1.165) is 11.1 Å². The lowest BCUT2D eigenvalue weighted by Gasteiger charge is -2.13. The van der Waals surface area contributed by atoms with Gasteiger partial charge in [-0.15, -0.1) is 10.2 Å². The van der Waals surface area contributed by atoms with Gasteiger partial charge in [-0.3, -0.25) is 18.6 Å². The van der Waals surface area contributed by atoms with Crippen LogP contribution in [-0.4, -0.2) is 31.6 Å². The van der Waals surface area contributed by atoms with Gasteiger partial charge in [0.2, 0.25) is 11.7 Å². The second kappa shape index (κ2) is 10.6. The second-order valence-corrected chi connectivity index (χ2v) is 9.08. The third-order valence-corrected chi connectivity index (χ3v) is 6.59. The number of nitrogens with one attached hydrogen (secondary N) is 1. The number of fused-ring (bicyclic) bond motifs is 3. The molecule has 1 atom stereocenters. The summed E-state index contributed by atoms with van der Waals surface area (Å²) in [7, 11) is 0. The number of para-hydroxylation sites is 1. The predicted molar refractivity (Wildman–Crippen MR) is 141 cm³/mol. The highest BCUT2D eigenvalue weighted by atomic mass is 16.1. The maximum Gasteiger partial charge on any atom is 0.262 e. The zero-order chi connectivity index (χ0) is 24.9. The fourth-order valence-electron chi connectivity index (χ4n) is 4.54. The Kier molecular flexibility index (Phi) is 6.89. The molecule has 0 saturated heterocycles. The molecule has 0 unspecified atom stereocenters. The van der Waals surface area contributed by atoms with Gasteiger partial charge in [0.15, 0.2) is 0 Å². The van der Waals surface area contributed by atoms with Gasteiger partial charge in [0.1, 0.15) is 5.82 Å². The SMILES string of the molecule is C[C@@H](CNC(=O)CCc1nnc2n(CCc3ccccc3)c(=O)c3ccccc3n12)c1ccccc1. The van der Waals surface area contributed by atoms with E-state index in [1.807, 2.05) is 65.1 Å². The van der Waals surface area contributed by atoms with Crippen LogP contribution in [0.2, 0.25) is 0 Å². The summed E-state index contributed by atoms with van der Waals surface area (Å²) in [4.78, 5) is 26.0. The standard InChI is InChI=1S/C29H29N5O2/c1-21(23-12-6-3-7-13-23)20-30-27(35)17-16-26-31-32-29-33(19-18-22-10-4-2-5-11-22)28(36)24-14-8-9-15-25(24)34(26)29/h2-15,21H,16-20H2,1H3,(H,30,35)/t21-/m0/s1. The van der Waals surface area contributed by atoms with Crippen LogP contribution in [0, 0.1) is 0 Å². The van der Waals surface area contributed by atoms with Crippen LogP contribution in [0.1, 0.15) is 36.2 Å². The molecule has 1 N–H and O–H groups in total. The van der Waals surface area contributed by atoms with E-state index in [9.17, 15) is 9.59 Å². The molecule has 0 aliphatic carbocycles. The number of benzene rings is 3. The molecule has 5 rings (SSSR count). The Balaban J connectivity index is 1.36. The van der Waals surface area contributed by atoms with Crippen LogP contribution in [0.4, 0.5) is 0 Å². The minimum Gasteiger partial charge on any atom is -0.355 e. The van der Waals surface area contributed by atoms with Crippen LogP contribution in [0.5, 0.6) is 0 Å². The van der Waals surface area contributed by atoms with Crippen molar-refractivity contribution in [3.05, 3.63) is 112 Å². The Morgan fingerprint density at radius 2 is 1.58 bits per heavy atom. The van der Waals surface area contributed by atoms with Crippen LogP contribution in [0.15, 0.2) is 89.7 Å². The third-order valence-electron chi connectivity index (χ3n) is 6.59. The summed E-state index contributed by atoms with van der Waals surface area (Å²) in [6, 6.07) is 27.7. The van der Waals surface area contributed by atoms with E-state index >= 15 is 0 Å². The third kappa shape index (κ3) is 4.91. The molecule has 0 fully saturated rings. The van der Waals surface area contributed by atoms with E-state index in [1.54, 1.807) is 4.57 Å². The fraction of sp³-hybridized carbons (Fsp3) is 0.241. The first kappa shape index (κ1) is 23.5. The molecule has 182 valence electrons. The Morgan fingerprint density at radius 1 is 0.889 bits per heavy atom. The highest BCUT2D eigenvalue weighted by molar-refractivity contribution is 5.80. The van der Waals surface area contributed by atoms with Gasteiger partial charge in [0, 0.05) is 25.9 Å². The summed E-state index contributed by atoms with van der Waals surface area (Å²) in [5, 5.41) is 12.4. The molecular formula is C29H29N5O2. The average Bonchev–Trinajstić information content (AvgIpc) is 3.35. The molecule has 7 nitrogen and oxygen atoms in total. The Morgan fingerprint density at radius 3 is 2.36 bits per heavy atom. The van der Waals surface area contributed by atoms with Gasteiger partial charge in [-0.25, -0.2) is 0 Å². The molecule has 3 aromatic carbocycles. The minimum absolute atomic E-state index is 0.0313. The molecular weight excluding hydrogens is 450 g/mol. The Labute approximate surface area is 209 Å². The molecule has 2 heterocycles. The van der Waals surface area contributed by atoms with Crippen LogP contribution in [0.25, 0.3) is 16.7 Å². The summed E-state index contributed by atoms with van der Waals surface area (Å²) < 4.78 is 3.61. The lowest BCUT2D eigenvalue weighted by molar-refractivity contribution is -0.121. The van der Waals surface area contributed by atoms with Crippen LogP contribution in [0.3, 0.4) is 0 Å². The summed E-state index contributed by atoms with van der Waals surface area (Å²) in [6.45, 7) is 3.17. The quantitative estimate of drug-likeness (QED) is 0.345. The van der Waals surface area contributed by atoms with E-state index in [1.165, 1.54) is 5.56 Å². The average molecular weight is 480 g/mol. The largest absolute Gasteiger partial charge is 0.355 e. The van der Waals surface area contributed by atoms with Crippen molar-refractivity contribution in [1.29, 1.82) is 0 Å². The number of aromatic nitrogens is 4. The first-order valence-electron chi connectivity index (χ1n) is 12.3. The molecule has 7 heteroatoms. The van der Waals surface area contributed by atoms with E-state index in [-0.39, 0.29) is 17.4 Å². The number of aryl methyl sites for hydroxylation is 3. The predicted octanol–water partition coefficient (Wildman–Crippen LogP) is 4.14. The minimum atomic E-state index is -0.0828. The van der Waals surface area contributed by atoms with Crippen molar-refractivity contribution in [3.8, 4) is 0 Å². The molecule has 5 aromatic rings. The molecule has 0 bridgehead atoms. The Bertz CT molecular complexity index is 1540. The van der Waals surface area contributed by atoms with Crippen molar-refractivity contribution in [2.45, 2.75) is 38.6 Å². The number of carbonyl (C=O) groups is 1. The summed E-state index contributed by atoms with van der Waals surface area (Å²) >= 11 is 0. The van der Waals surface area contributed by atoms with Crippen LogP contribution < -0.4 is 10.9 Å². The molecule has 0 aliphatic rings. The zero-order valence-corrected chi connectivity index (χ0v) is 20.3. The maximum absolute atomic E-state index is 13.3. The van der Waals surface area contributed by atoms with Crippen molar-refractivity contribution < 1.29 is 4.79 Å². The number of rotatable bonds is 9. The van der Waals surface area contributed by atoms with Crippen molar-refractivity contribution >= 4 is 22.6 Å². The molecule has 1 amide bonds. The summed E-state index contributed by atoms with van der Waals surface area (Å²) in [6.07, 6.45) is 1.42. The molecule has 0 aliphatic heterocycles. The topological polar surface area (TPSA) is 81.3 Å². The van der Waals surface area contributed by atoms with Crippen LogP contribution in [-0.2, 0) is 24.2 Å². The second-order valence-electron chi connectivity index (χ2n) is 9.08. The highest BCUT2D eigenvalue weighted by Crippen LogP contribution is 2.17.